The summed E-state index contributed by atoms with van der Waals surface area (Å²) in [4.78, 5) is 40.2. The highest BCUT2D eigenvalue weighted by Crippen LogP contribution is 2.36. The van der Waals surface area contributed by atoms with Gasteiger partial charge in [-0.1, -0.05) is 24.3 Å². The summed E-state index contributed by atoms with van der Waals surface area (Å²) >= 11 is 0. The van der Waals surface area contributed by atoms with E-state index in [0.717, 1.165) is 11.0 Å². The highest BCUT2D eigenvalue weighted by Gasteiger charge is 2.35. The van der Waals surface area contributed by atoms with Crippen molar-refractivity contribution in [2.24, 2.45) is 0 Å². The van der Waals surface area contributed by atoms with Crippen LogP contribution in [-0.4, -0.2) is 48.3 Å². The number of aliphatic hydroxyl groups is 1. The Bertz CT molecular complexity index is 1310. The Kier molecular flexibility index (Phi) is 6.16. The Hall–Kier alpha value is -4.06. The number of halogens is 3. The molecule has 0 bridgehead atoms. The number of cyclic esters (lactones) is 1. The normalized spacial score (nSPS) is 15.9. The third-order valence-electron chi connectivity index (χ3n) is 5.07. The van der Waals surface area contributed by atoms with Crippen LogP contribution in [0.2, 0.25) is 0 Å². The van der Waals surface area contributed by atoms with Gasteiger partial charge in [0.25, 0.3) is 11.8 Å². The fourth-order valence-electron chi connectivity index (χ4n) is 3.55. The minimum absolute atomic E-state index is 0.00103. The fraction of sp³-hybridized carbons (Fsp3) is 0.227. The van der Waals surface area contributed by atoms with E-state index in [-0.39, 0.29) is 42.0 Å². The van der Waals surface area contributed by atoms with Gasteiger partial charge in [0.05, 0.1) is 12.2 Å². The van der Waals surface area contributed by atoms with Gasteiger partial charge in [0.1, 0.15) is 6.54 Å². The van der Waals surface area contributed by atoms with Crippen molar-refractivity contribution in [2.75, 3.05) is 24.6 Å². The van der Waals surface area contributed by atoms with E-state index in [4.69, 9.17) is 14.6 Å². The summed E-state index contributed by atoms with van der Waals surface area (Å²) in [5.74, 6) is 0. The fourth-order valence-corrected chi connectivity index (χ4v) is 3.55. The summed E-state index contributed by atoms with van der Waals surface area (Å²) in [6.07, 6.45) is -7.50. The molecule has 1 fully saturated rings. The number of alkyl halides is 3. The Labute approximate surface area is 189 Å². The number of hydrogen-bond donors (Lipinski definition) is 3. The van der Waals surface area contributed by atoms with Gasteiger partial charge in [-0.25, -0.2) is 9.59 Å². The van der Waals surface area contributed by atoms with Gasteiger partial charge in [-0.15, -0.1) is 0 Å². The van der Waals surface area contributed by atoms with Crippen molar-refractivity contribution in [3.63, 3.8) is 0 Å². The van der Waals surface area contributed by atoms with Crippen molar-refractivity contribution in [2.45, 2.75) is 12.5 Å². The molecule has 2 aromatic carbocycles. The first-order valence-electron chi connectivity index (χ1n) is 10.0. The van der Waals surface area contributed by atoms with Crippen molar-refractivity contribution in [3.05, 3.63) is 64.4 Å². The topological polar surface area (TPSA) is 121 Å². The van der Waals surface area contributed by atoms with Crippen LogP contribution in [0.5, 0.6) is 0 Å². The molecule has 34 heavy (non-hydrogen) atoms. The first-order chi connectivity index (χ1) is 16.2. The number of pyridine rings is 1. The first kappa shape index (κ1) is 23.1. The van der Waals surface area contributed by atoms with Crippen molar-refractivity contribution in [3.8, 4) is 11.3 Å². The van der Waals surface area contributed by atoms with Crippen molar-refractivity contribution >= 4 is 28.6 Å². The minimum Gasteiger partial charge on any atom is -0.407 e. The maximum absolute atomic E-state index is 13.4. The third-order valence-corrected chi connectivity index (χ3v) is 5.07. The molecule has 1 aromatic heterocycles. The number of hydrogen-bond acceptors (Lipinski definition) is 6. The molecule has 3 aromatic rings. The summed E-state index contributed by atoms with van der Waals surface area (Å²) in [7, 11) is 0. The monoisotopic (exact) mass is 477 g/mol. The van der Waals surface area contributed by atoms with Crippen LogP contribution in [-0.2, 0) is 15.7 Å². The Morgan fingerprint density at radius 1 is 1.21 bits per heavy atom. The van der Waals surface area contributed by atoms with E-state index in [1.54, 1.807) is 0 Å². The van der Waals surface area contributed by atoms with E-state index in [0.29, 0.717) is 5.39 Å². The Morgan fingerprint density at radius 2 is 1.97 bits per heavy atom. The van der Waals surface area contributed by atoms with Gasteiger partial charge >= 0.3 is 18.4 Å². The number of ether oxygens (including phenoxy) is 2. The zero-order chi connectivity index (χ0) is 24.5. The number of aromatic nitrogens is 1. The molecule has 4 rings (SSSR count). The average molecular weight is 477 g/mol. The Morgan fingerprint density at radius 3 is 2.71 bits per heavy atom. The SMILES string of the molecule is O=C(NCCO)OC1CN(c2ccc3cc(-c4ccccc4C(F)(F)F)[nH]c(=O)c3c2)C(=O)O1. The predicted octanol–water partition coefficient (Wildman–Crippen LogP) is 3.22. The van der Waals surface area contributed by atoms with Crippen LogP contribution in [0.15, 0.2) is 53.3 Å². The average Bonchev–Trinajstić information content (AvgIpc) is 3.16. The summed E-state index contributed by atoms with van der Waals surface area (Å²) in [6.45, 7) is -0.473. The van der Waals surface area contributed by atoms with Crippen molar-refractivity contribution < 1.29 is 37.3 Å². The number of rotatable bonds is 5. The molecule has 2 heterocycles. The maximum atomic E-state index is 13.4. The number of aromatic amines is 1. The molecule has 1 aliphatic heterocycles. The molecular weight excluding hydrogens is 459 g/mol. The molecule has 1 aliphatic rings. The lowest BCUT2D eigenvalue weighted by Gasteiger charge is -2.15. The van der Waals surface area contributed by atoms with Gasteiger partial charge in [-0.3, -0.25) is 9.69 Å². The molecule has 12 heteroatoms. The van der Waals surface area contributed by atoms with E-state index < -0.39 is 35.8 Å². The van der Waals surface area contributed by atoms with Crippen LogP contribution < -0.4 is 15.8 Å². The zero-order valence-corrected chi connectivity index (χ0v) is 17.4. The number of carbonyl (C=O) groups is 2. The van der Waals surface area contributed by atoms with E-state index in [1.807, 2.05) is 0 Å². The largest absolute Gasteiger partial charge is 0.417 e. The molecule has 178 valence electrons. The summed E-state index contributed by atoms with van der Waals surface area (Å²) in [6, 6.07) is 10.7. The molecule has 0 radical (unpaired) electrons. The number of nitrogens with one attached hydrogen (secondary N) is 2. The van der Waals surface area contributed by atoms with Crippen LogP contribution in [0.1, 0.15) is 5.56 Å². The maximum Gasteiger partial charge on any atom is 0.417 e. The van der Waals surface area contributed by atoms with Crippen LogP contribution in [0.25, 0.3) is 22.0 Å². The van der Waals surface area contributed by atoms with Crippen LogP contribution in [0, 0.1) is 0 Å². The molecule has 2 amide bonds. The molecule has 0 saturated carbocycles. The number of fused-ring (bicyclic) bond motifs is 1. The number of alkyl carbamates (subject to hydrolysis) is 1. The molecule has 3 N–H and O–H groups in total. The third kappa shape index (κ3) is 4.66. The lowest BCUT2D eigenvalue weighted by atomic mass is 10.0. The quantitative estimate of drug-likeness (QED) is 0.519. The van der Waals surface area contributed by atoms with Crippen molar-refractivity contribution in [1.29, 1.82) is 0 Å². The van der Waals surface area contributed by atoms with Crippen LogP contribution in [0.4, 0.5) is 28.4 Å². The lowest BCUT2D eigenvalue weighted by molar-refractivity contribution is -0.137. The second-order valence-corrected chi connectivity index (χ2v) is 7.31. The molecule has 1 saturated heterocycles. The lowest BCUT2D eigenvalue weighted by Crippen LogP contribution is -2.32. The molecule has 0 spiro atoms. The van der Waals surface area contributed by atoms with Crippen LogP contribution >= 0.6 is 0 Å². The van der Waals surface area contributed by atoms with E-state index in [1.165, 1.54) is 42.5 Å². The highest BCUT2D eigenvalue weighted by atomic mass is 19.4. The predicted molar refractivity (Wildman–Crippen MR) is 114 cm³/mol. The minimum atomic E-state index is -4.60. The van der Waals surface area contributed by atoms with Gasteiger partial charge < -0.3 is 24.9 Å². The summed E-state index contributed by atoms with van der Waals surface area (Å²) in [5.41, 5.74) is -1.42. The van der Waals surface area contributed by atoms with Crippen molar-refractivity contribution in [1.82, 2.24) is 10.3 Å². The van der Waals surface area contributed by atoms with Gasteiger partial charge in [0.2, 0.25) is 0 Å². The second kappa shape index (κ2) is 9.06. The second-order valence-electron chi connectivity index (χ2n) is 7.31. The highest BCUT2D eigenvalue weighted by molar-refractivity contribution is 5.94. The van der Waals surface area contributed by atoms with Crippen LogP contribution in [0.3, 0.4) is 0 Å². The van der Waals surface area contributed by atoms with Gasteiger partial charge in [-0.2, -0.15) is 13.2 Å². The summed E-state index contributed by atoms with van der Waals surface area (Å²) < 4.78 is 50.1. The van der Waals surface area contributed by atoms with E-state index >= 15 is 0 Å². The number of amides is 2. The molecule has 9 nitrogen and oxygen atoms in total. The number of anilines is 1. The van der Waals surface area contributed by atoms with E-state index in [2.05, 4.69) is 10.3 Å². The standard InChI is InChI=1S/C22H18F3N3O6/c23-22(24,25)16-4-2-1-3-14(16)17-9-12-5-6-13(10-15(12)19(30)27-17)28-11-18(34-21(28)32)33-20(31)26-7-8-29/h1-6,9-10,18,29H,7-8,11H2,(H,26,31)(H,27,30). The number of benzene rings is 2. The zero-order valence-electron chi connectivity index (χ0n) is 17.4. The molecule has 0 aliphatic carbocycles. The smallest absolute Gasteiger partial charge is 0.407 e. The molecule has 1 unspecified atom stereocenters. The number of H-pyrrole nitrogens is 1. The van der Waals surface area contributed by atoms with Gasteiger partial charge in [-0.05, 0) is 29.7 Å². The molecule has 1 atom stereocenters. The Balaban J connectivity index is 1.62. The first-order valence-corrected chi connectivity index (χ1v) is 10.0. The number of aliphatic hydroxyl groups excluding tert-OH is 1. The number of carbonyl (C=O) groups excluding carboxylic acids is 2. The number of nitrogens with zero attached hydrogens (tertiary/aromatic N) is 1. The van der Waals surface area contributed by atoms with Gasteiger partial charge in [0, 0.05) is 28.9 Å². The van der Waals surface area contributed by atoms with Gasteiger partial charge in [0.15, 0.2) is 0 Å². The van der Waals surface area contributed by atoms with E-state index in [9.17, 15) is 27.6 Å². The molecular formula is C22H18F3N3O6. The summed E-state index contributed by atoms with van der Waals surface area (Å²) in [5, 5.41) is 11.5.